The largest absolute Gasteiger partial charge is 0.494 e. The molecule has 2 N–H and O–H groups in total. The van der Waals surface area contributed by atoms with Gasteiger partial charge in [0, 0.05) is 35.9 Å². The molecule has 3 rings (SSSR count). The van der Waals surface area contributed by atoms with E-state index in [2.05, 4.69) is 20.5 Å². The number of morpholine rings is 1. The summed E-state index contributed by atoms with van der Waals surface area (Å²) in [4.78, 5) is 19.7. The van der Waals surface area contributed by atoms with Gasteiger partial charge in [0.1, 0.15) is 5.75 Å². The molecule has 0 radical (unpaired) electrons. The molecule has 1 fully saturated rings. The van der Waals surface area contributed by atoms with Gasteiger partial charge in [0.2, 0.25) is 5.96 Å². The van der Waals surface area contributed by atoms with Crippen molar-refractivity contribution in [2.75, 3.05) is 51.3 Å². The molecule has 0 atom stereocenters. The van der Waals surface area contributed by atoms with Gasteiger partial charge >= 0.3 is 0 Å². The van der Waals surface area contributed by atoms with Crippen LogP contribution in [0.1, 0.15) is 22.8 Å². The summed E-state index contributed by atoms with van der Waals surface area (Å²) in [6.45, 7) is 9.03. The van der Waals surface area contributed by atoms with Crippen molar-refractivity contribution >= 4 is 29.2 Å². The first kappa shape index (κ1) is 23.1. The zero-order valence-corrected chi connectivity index (χ0v) is 18.7. The number of benzene rings is 2. The second-order valence-electron chi connectivity index (χ2n) is 7.13. The number of carbonyl (C=O) groups excluding carboxylic acids is 1. The monoisotopic (exact) mass is 444 g/mol. The van der Waals surface area contributed by atoms with Crippen LogP contribution >= 0.6 is 11.6 Å². The minimum absolute atomic E-state index is 0.250. The minimum atomic E-state index is -0.250. The van der Waals surface area contributed by atoms with Gasteiger partial charge in [-0.3, -0.25) is 20.0 Å². The van der Waals surface area contributed by atoms with Crippen molar-refractivity contribution in [2.45, 2.75) is 13.8 Å². The summed E-state index contributed by atoms with van der Waals surface area (Å²) in [7, 11) is 0. The van der Waals surface area contributed by atoms with Gasteiger partial charge in [0.15, 0.2) is 0 Å². The van der Waals surface area contributed by atoms with Crippen molar-refractivity contribution in [2.24, 2.45) is 4.99 Å². The van der Waals surface area contributed by atoms with Crippen molar-refractivity contribution in [3.8, 4) is 5.75 Å². The highest BCUT2D eigenvalue weighted by atomic mass is 35.5. The van der Waals surface area contributed by atoms with Crippen molar-refractivity contribution < 1.29 is 14.3 Å². The van der Waals surface area contributed by atoms with Gasteiger partial charge in [-0.15, -0.1) is 0 Å². The Labute approximate surface area is 188 Å². The van der Waals surface area contributed by atoms with Gasteiger partial charge in [-0.2, -0.15) is 0 Å². The quantitative estimate of drug-likeness (QED) is 0.504. The molecule has 1 heterocycles. The molecule has 0 aliphatic carbocycles. The topological polar surface area (TPSA) is 75.2 Å². The predicted octanol–water partition coefficient (Wildman–Crippen LogP) is 3.58. The average Bonchev–Trinajstić information content (AvgIpc) is 2.78. The molecular formula is C23H29ClN4O3. The fourth-order valence-electron chi connectivity index (χ4n) is 3.16. The molecule has 0 bridgehead atoms. The highest BCUT2D eigenvalue weighted by Crippen LogP contribution is 2.22. The summed E-state index contributed by atoms with van der Waals surface area (Å²) in [6, 6.07) is 12.6. The van der Waals surface area contributed by atoms with Crippen molar-refractivity contribution in [1.82, 2.24) is 10.2 Å². The Bertz CT molecular complexity index is 896. The van der Waals surface area contributed by atoms with Crippen LogP contribution in [0.3, 0.4) is 0 Å². The molecule has 1 saturated heterocycles. The lowest BCUT2D eigenvalue weighted by molar-refractivity contribution is 0.0394. The van der Waals surface area contributed by atoms with Crippen LogP contribution in [0.25, 0.3) is 0 Å². The Hall–Kier alpha value is -2.61. The molecule has 1 aliphatic heterocycles. The number of carbonyl (C=O) groups is 1. The lowest BCUT2D eigenvalue weighted by atomic mass is 10.2. The first-order valence-corrected chi connectivity index (χ1v) is 10.9. The zero-order chi connectivity index (χ0) is 22.1. The molecule has 2 aromatic carbocycles. The Kier molecular flexibility index (Phi) is 8.70. The lowest BCUT2D eigenvalue weighted by Crippen LogP contribution is -2.39. The SMILES string of the molecule is CCOc1ccc(C(=O)NC(=NCCN2CCOCC2)Nc2cccc(Cl)c2C)cc1. The summed E-state index contributed by atoms with van der Waals surface area (Å²) in [5.74, 6) is 0.865. The molecule has 31 heavy (non-hydrogen) atoms. The van der Waals surface area contributed by atoms with Crippen LogP contribution in [0.2, 0.25) is 5.02 Å². The normalized spacial score (nSPS) is 14.9. The van der Waals surface area contributed by atoms with Crippen LogP contribution in [-0.2, 0) is 4.74 Å². The lowest BCUT2D eigenvalue weighted by Gasteiger charge is -2.25. The fourth-order valence-corrected chi connectivity index (χ4v) is 3.33. The molecule has 0 aromatic heterocycles. The van der Waals surface area contributed by atoms with Crippen LogP contribution < -0.4 is 15.4 Å². The number of anilines is 1. The third-order valence-corrected chi connectivity index (χ3v) is 5.38. The molecule has 7 nitrogen and oxygen atoms in total. The van der Waals surface area contributed by atoms with Crippen LogP contribution in [0.5, 0.6) is 5.75 Å². The number of ether oxygens (including phenoxy) is 2. The summed E-state index contributed by atoms with van der Waals surface area (Å²) < 4.78 is 10.8. The number of hydrogen-bond acceptors (Lipinski definition) is 5. The molecule has 166 valence electrons. The molecule has 2 aromatic rings. The maximum atomic E-state index is 12.8. The van der Waals surface area contributed by atoms with Crippen molar-refractivity contribution in [1.29, 1.82) is 0 Å². The summed E-state index contributed by atoms with van der Waals surface area (Å²) in [5.41, 5.74) is 2.21. The first-order valence-electron chi connectivity index (χ1n) is 10.5. The maximum absolute atomic E-state index is 12.8. The maximum Gasteiger partial charge on any atom is 0.257 e. The van der Waals surface area contributed by atoms with Crippen LogP contribution in [0.15, 0.2) is 47.5 Å². The van der Waals surface area contributed by atoms with E-state index in [1.807, 2.05) is 32.0 Å². The van der Waals surface area contributed by atoms with E-state index in [0.717, 1.165) is 49.8 Å². The standard InChI is InChI=1S/C23H29ClN4O3/c1-3-31-19-9-7-18(8-10-19)22(29)27-23(25-11-12-28-13-15-30-16-14-28)26-21-6-4-5-20(24)17(21)2/h4-10H,3,11-16H2,1-2H3,(H2,25,26,27,29). The van der Waals surface area contributed by atoms with Crippen molar-refractivity contribution in [3.63, 3.8) is 0 Å². The van der Waals surface area contributed by atoms with Crippen LogP contribution in [0, 0.1) is 6.92 Å². The van der Waals surface area contributed by atoms with Crippen molar-refractivity contribution in [3.05, 3.63) is 58.6 Å². The Morgan fingerprint density at radius 2 is 1.94 bits per heavy atom. The first-order chi connectivity index (χ1) is 15.1. The van der Waals surface area contributed by atoms with Gasteiger partial charge in [0.05, 0.1) is 26.4 Å². The number of nitrogens with zero attached hydrogens (tertiary/aromatic N) is 2. The van der Waals surface area contributed by atoms with E-state index in [0.29, 0.717) is 29.7 Å². The fraction of sp³-hybridized carbons (Fsp3) is 0.391. The van der Waals surface area contributed by atoms with E-state index >= 15 is 0 Å². The Morgan fingerprint density at radius 1 is 1.19 bits per heavy atom. The zero-order valence-electron chi connectivity index (χ0n) is 18.0. The van der Waals surface area contributed by atoms with E-state index in [-0.39, 0.29) is 5.91 Å². The minimum Gasteiger partial charge on any atom is -0.494 e. The molecule has 1 amide bonds. The van der Waals surface area contributed by atoms with E-state index in [1.54, 1.807) is 24.3 Å². The second kappa shape index (κ2) is 11.7. The third kappa shape index (κ3) is 6.95. The highest BCUT2D eigenvalue weighted by molar-refractivity contribution is 6.31. The molecule has 1 aliphatic rings. The second-order valence-corrected chi connectivity index (χ2v) is 7.54. The predicted molar refractivity (Wildman–Crippen MR) is 124 cm³/mol. The van der Waals surface area contributed by atoms with E-state index < -0.39 is 0 Å². The number of halogens is 1. The summed E-state index contributed by atoms with van der Waals surface area (Å²) in [5, 5.41) is 6.76. The molecule has 0 spiro atoms. The van der Waals surface area contributed by atoms with E-state index in [4.69, 9.17) is 21.1 Å². The van der Waals surface area contributed by atoms with Crippen LogP contribution in [-0.4, -0.2) is 62.8 Å². The number of guanidine groups is 1. The summed E-state index contributed by atoms with van der Waals surface area (Å²) >= 11 is 6.25. The van der Waals surface area contributed by atoms with Gasteiger partial charge in [-0.1, -0.05) is 17.7 Å². The van der Waals surface area contributed by atoms with Gasteiger partial charge in [0.25, 0.3) is 5.91 Å². The number of nitrogens with one attached hydrogen (secondary N) is 2. The Balaban J connectivity index is 1.71. The average molecular weight is 445 g/mol. The molecule has 8 heteroatoms. The van der Waals surface area contributed by atoms with E-state index in [9.17, 15) is 4.79 Å². The van der Waals surface area contributed by atoms with Gasteiger partial charge in [-0.25, -0.2) is 0 Å². The molecule has 0 saturated carbocycles. The van der Waals surface area contributed by atoms with Gasteiger partial charge in [-0.05, 0) is 55.8 Å². The smallest absolute Gasteiger partial charge is 0.257 e. The number of aliphatic imine (C=N–C) groups is 1. The summed E-state index contributed by atoms with van der Waals surface area (Å²) in [6.07, 6.45) is 0. The Morgan fingerprint density at radius 3 is 2.65 bits per heavy atom. The van der Waals surface area contributed by atoms with Gasteiger partial charge < -0.3 is 14.8 Å². The van der Waals surface area contributed by atoms with Crippen LogP contribution in [0.4, 0.5) is 5.69 Å². The molecule has 0 unspecified atom stereocenters. The van der Waals surface area contributed by atoms with E-state index in [1.165, 1.54) is 0 Å². The number of rotatable bonds is 7. The number of amides is 1. The third-order valence-electron chi connectivity index (χ3n) is 4.97. The highest BCUT2D eigenvalue weighted by Gasteiger charge is 2.13. The number of hydrogen-bond donors (Lipinski definition) is 2. The molecular weight excluding hydrogens is 416 g/mol.